The van der Waals surface area contributed by atoms with E-state index in [-0.39, 0.29) is 0 Å². The average Bonchev–Trinajstić information content (AvgIpc) is 2.45. The lowest BCUT2D eigenvalue weighted by molar-refractivity contribution is 0.816. The first kappa shape index (κ1) is 15.0. The van der Waals surface area contributed by atoms with E-state index in [1.165, 1.54) is 0 Å². The maximum atomic E-state index is 6.09. The molecule has 0 bridgehead atoms. The van der Waals surface area contributed by atoms with E-state index in [0.29, 0.717) is 28.2 Å². The van der Waals surface area contributed by atoms with Gasteiger partial charge >= 0.3 is 0 Å². The van der Waals surface area contributed by atoms with Gasteiger partial charge in [-0.15, -0.1) is 0 Å². The van der Waals surface area contributed by atoms with Crippen molar-refractivity contribution in [2.75, 3.05) is 0 Å². The van der Waals surface area contributed by atoms with Crippen molar-refractivity contribution < 1.29 is 0 Å². The van der Waals surface area contributed by atoms with E-state index in [1.807, 2.05) is 24.3 Å². The van der Waals surface area contributed by atoms with Crippen LogP contribution in [0.5, 0.6) is 0 Å². The molecule has 0 atom stereocenters. The summed E-state index contributed by atoms with van der Waals surface area (Å²) < 4.78 is 0. The molecule has 2 rings (SSSR count). The molecule has 0 saturated heterocycles. The lowest BCUT2D eigenvalue weighted by Crippen LogP contribution is -2.34. The first-order valence-corrected chi connectivity index (χ1v) is 7.17. The lowest BCUT2D eigenvalue weighted by Gasteiger charge is -2.11. The monoisotopic (exact) mass is 325 g/mol. The van der Waals surface area contributed by atoms with Crippen LogP contribution < -0.4 is 10.6 Å². The van der Waals surface area contributed by atoms with Crippen LogP contribution >= 0.6 is 35.4 Å². The minimum atomic E-state index is 0.546. The molecule has 0 aliphatic heterocycles. The Morgan fingerprint density at radius 3 is 2.60 bits per heavy atom. The van der Waals surface area contributed by atoms with Gasteiger partial charge in [-0.1, -0.05) is 35.3 Å². The van der Waals surface area contributed by atoms with E-state index in [0.717, 1.165) is 11.3 Å². The molecule has 2 aromatic rings. The lowest BCUT2D eigenvalue weighted by atomic mass is 10.2. The van der Waals surface area contributed by atoms with Crippen LogP contribution in [-0.2, 0) is 13.1 Å². The van der Waals surface area contributed by atoms with Gasteiger partial charge < -0.3 is 10.6 Å². The van der Waals surface area contributed by atoms with Gasteiger partial charge in [0.1, 0.15) is 0 Å². The molecule has 0 amide bonds. The van der Waals surface area contributed by atoms with Crippen LogP contribution in [-0.4, -0.2) is 10.1 Å². The number of hydrogen-bond donors (Lipinski definition) is 2. The predicted molar refractivity (Wildman–Crippen MR) is 87.0 cm³/mol. The fraction of sp³-hybridized carbons (Fsp3) is 0.143. The van der Waals surface area contributed by atoms with Crippen molar-refractivity contribution in [3.05, 3.63) is 63.9 Å². The van der Waals surface area contributed by atoms with Crippen LogP contribution in [0, 0.1) is 0 Å². The van der Waals surface area contributed by atoms with E-state index >= 15 is 0 Å². The molecule has 0 aliphatic rings. The summed E-state index contributed by atoms with van der Waals surface area (Å²) in [7, 11) is 0. The van der Waals surface area contributed by atoms with Gasteiger partial charge in [-0.05, 0) is 42.0 Å². The van der Waals surface area contributed by atoms with Crippen molar-refractivity contribution >= 4 is 40.5 Å². The normalized spacial score (nSPS) is 10.1. The van der Waals surface area contributed by atoms with E-state index in [4.69, 9.17) is 35.4 Å². The summed E-state index contributed by atoms with van der Waals surface area (Å²) >= 11 is 17.1. The van der Waals surface area contributed by atoms with Crippen molar-refractivity contribution in [1.29, 1.82) is 0 Å². The molecule has 0 aliphatic carbocycles. The predicted octanol–water partition coefficient (Wildman–Crippen LogP) is 3.55. The summed E-state index contributed by atoms with van der Waals surface area (Å²) in [5.41, 5.74) is 1.87. The Balaban J connectivity index is 1.80. The summed E-state index contributed by atoms with van der Waals surface area (Å²) in [4.78, 5) is 4.21. The first-order valence-electron chi connectivity index (χ1n) is 6.00. The number of pyridine rings is 1. The molecular weight excluding hydrogens is 313 g/mol. The number of benzene rings is 1. The third-order valence-electron chi connectivity index (χ3n) is 2.61. The fourth-order valence-electron chi connectivity index (χ4n) is 1.58. The zero-order valence-corrected chi connectivity index (χ0v) is 12.9. The molecule has 1 aromatic carbocycles. The molecule has 1 heterocycles. The highest BCUT2D eigenvalue weighted by Crippen LogP contribution is 2.20. The van der Waals surface area contributed by atoms with Gasteiger partial charge in [0.2, 0.25) is 0 Å². The highest BCUT2D eigenvalue weighted by Gasteiger charge is 2.02. The second-order valence-corrected chi connectivity index (χ2v) is 5.34. The first-order chi connectivity index (χ1) is 9.65. The molecule has 2 N–H and O–H groups in total. The van der Waals surface area contributed by atoms with Gasteiger partial charge in [0.15, 0.2) is 5.11 Å². The third-order valence-corrected chi connectivity index (χ3v) is 3.49. The number of halogens is 2. The Hall–Kier alpha value is -1.36. The van der Waals surface area contributed by atoms with Crippen LogP contribution in [0.1, 0.15) is 11.3 Å². The van der Waals surface area contributed by atoms with Gasteiger partial charge in [-0.3, -0.25) is 4.98 Å². The van der Waals surface area contributed by atoms with Crippen molar-refractivity contribution in [1.82, 2.24) is 15.6 Å². The zero-order chi connectivity index (χ0) is 14.4. The maximum absolute atomic E-state index is 6.09. The molecule has 0 unspecified atom stereocenters. The number of nitrogens with zero attached hydrogens (tertiary/aromatic N) is 1. The van der Waals surface area contributed by atoms with Crippen LogP contribution in [0.2, 0.25) is 10.0 Å². The van der Waals surface area contributed by atoms with Crippen LogP contribution in [0.4, 0.5) is 0 Å². The van der Waals surface area contributed by atoms with Crippen molar-refractivity contribution in [3.8, 4) is 0 Å². The fourth-order valence-corrected chi connectivity index (χ4v) is 2.20. The van der Waals surface area contributed by atoms with Crippen molar-refractivity contribution in [3.63, 3.8) is 0 Å². The van der Waals surface area contributed by atoms with Gasteiger partial charge in [0, 0.05) is 22.8 Å². The highest BCUT2D eigenvalue weighted by molar-refractivity contribution is 7.80. The largest absolute Gasteiger partial charge is 0.359 e. The molecular formula is C14H13Cl2N3S. The van der Waals surface area contributed by atoms with E-state index < -0.39 is 0 Å². The zero-order valence-electron chi connectivity index (χ0n) is 10.6. The Bertz CT molecular complexity index is 590. The second kappa shape index (κ2) is 7.43. The van der Waals surface area contributed by atoms with Gasteiger partial charge in [-0.25, -0.2) is 0 Å². The summed E-state index contributed by atoms with van der Waals surface area (Å²) in [6.07, 6.45) is 1.75. The Labute approximate surface area is 133 Å². The van der Waals surface area contributed by atoms with Crippen molar-refractivity contribution in [2.24, 2.45) is 0 Å². The van der Waals surface area contributed by atoms with Crippen LogP contribution in [0.3, 0.4) is 0 Å². The van der Waals surface area contributed by atoms with Crippen LogP contribution in [0.15, 0.2) is 42.6 Å². The van der Waals surface area contributed by atoms with E-state index in [2.05, 4.69) is 15.6 Å². The quantitative estimate of drug-likeness (QED) is 0.843. The Morgan fingerprint density at radius 1 is 1.10 bits per heavy atom. The van der Waals surface area contributed by atoms with E-state index in [1.54, 1.807) is 18.3 Å². The molecule has 1 aromatic heterocycles. The summed E-state index contributed by atoms with van der Waals surface area (Å²) in [6, 6.07) is 11.1. The molecule has 3 nitrogen and oxygen atoms in total. The molecule has 0 fully saturated rings. The molecule has 20 heavy (non-hydrogen) atoms. The molecule has 0 radical (unpaired) electrons. The van der Waals surface area contributed by atoms with Gasteiger partial charge in [0.25, 0.3) is 0 Å². The minimum Gasteiger partial charge on any atom is -0.359 e. The second-order valence-electron chi connectivity index (χ2n) is 4.09. The smallest absolute Gasteiger partial charge is 0.166 e. The Kier molecular flexibility index (Phi) is 5.59. The molecule has 0 saturated carbocycles. The SMILES string of the molecule is S=C(NCc1ccccn1)NCc1ccc(Cl)cc1Cl. The number of thiocarbonyl (C=S) groups is 1. The third kappa shape index (κ3) is 4.63. The number of aromatic nitrogens is 1. The van der Waals surface area contributed by atoms with Crippen molar-refractivity contribution in [2.45, 2.75) is 13.1 Å². The average molecular weight is 326 g/mol. The minimum absolute atomic E-state index is 0.546. The summed E-state index contributed by atoms with van der Waals surface area (Å²) in [5.74, 6) is 0. The number of rotatable bonds is 4. The Morgan fingerprint density at radius 2 is 1.90 bits per heavy atom. The maximum Gasteiger partial charge on any atom is 0.166 e. The van der Waals surface area contributed by atoms with Gasteiger partial charge in [-0.2, -0.15) is 0 Å². The highest BCUT2D eigenvalue weighted by atomic mass is 35.5. The topological polar surface area (TPSA) is 37.0 Å². The molecule has 0 spiro atoms. The number of nitrogens with one attached hydrogen (secondary N) is 2. The standard InChI is InChI=1S/C14H13Cl2N3S/c15-11-5-4-10(13(16)7-11)8-18-14(20)19-9-12-3-1-2-6-17-12/h1-7H,8-9H2,(H2,18,19,20). The van der Waals surface area contributed by atoms with Gasteiger partial charge in [0.05, 0.1) is 12.2 Å². The van der Waals surface area contributed by atoms with E-state index in [9.17, 15) is 0 Å². The van der Waals surface area contributed by atoms with Crippen LogP contribution in [0.25, 0.3) is 0 Å². The molecule has 104 valence electrons. The molecule has 6 heteroatoms. The summed E-state index contributed by atoms with van der Waals surface area (Å²) in [5, 5.41) is 7.98. The summed E-state index contributed by atoms with van der Waals surface area (Å²) in [6.45, 7) is 1.13. The number of hydrogen-bond acceptors (Lipinski definition) is 2.